The van der Waals surface area contributed by atoms with Crippen molar-refractivity contribution < 1.29 is 14.2 Å². The van der Waals surface area contributed by atoms with E-state index < -0.39 is 0 Å². The maximum atomic E-state index is 6.86. The maximum absolute atomic E-state index is 6.86. The monoisotopic (exact) mass is 991 g/mol. The molecule has 0 saturated heterocycles. The van der Waals surface area contributed by atoms with Crippen LogP contribution in [0.1, 0.15) is 264 Å². The summed E-state index contributed by atoms with van der Waals surface area (Å²) in [7, 11) is 0. The lowest BCUT2D eigenvalue weighted by molar-refractivity contribution is -0.250. The topological polar surface area (TPSA) is 27.7 Å². The van der Waals surface area contributed by atoms with Gasteiger partial charge in [0.25, 0.3) is 0 Å². The zero-order valence-electron chi connectivity index (χ0n) is 43.9. The zero-order chi connectivity index (χ0) is 46.0. The number of unbranched alkanes of at least 4 members (excludes halogenated alkanes) is 8. The average Bonchev–Trinajstić information content (AvgIpc) is 3.12. The van der Waals surface area contributed by atoms with E-state index in [-0.39, 0.29) is 12.6 Å². The summed E-state index contributed by atoms with van der Waals surface area (Å²) in [6.45, 7) is 35.6. The standard InChI is InChI=1S/C56H112Br2O3/c1-15-17-19-21-23-31-59-55(29-25-27-43(3)33-45(5)35-47(7)37-49(9)39-51(11)41-53(13)57)61-56(60-32-24-22-20-18-16-2)30-26-28-44(4)34-46(6)36-48(8)38-50(10)40-52(12)42-54(14)58/h43-56H,15-42H2,1-14H3. The van der Waals surface area contributed by atoms with E-state index in [1.807, 2.05) is 0 Å². The fourth-order valence-corrected chi connectivity index (χ4v) is 12.5. The van der Waals surface area contributed by atoms with E-state index in [0.29, 0.717) is 9.65 Å². The second-order valence-electron chi connectivity index (χ2n) is 22.4. The fraction of sp³-hybridized carbons (Fsp3) is 1.00. The van der Waals surface area contributed by atoms with Crippen LogP contribution in [0.5, 0.6) is 0 Å². The Kier molecular flexibility index (Phi) is 40.5. The minimum absolute atomic E-state index is 0.162. The molecule has 0 heterocycles. The van der Waals surface area contributed by atoms with Gasteiger partial charge >= 0.3 is 0 Å². The Hall–Kier alpha value is 0.840. The van der Waals surface area contributed by atoms with Crippen molar-refractivity contribution in [2.24, 2.45) is 59.2 Å². The lowest BCUT2D eigenvalue weighted by atomic mass is 9.82. The van der Waals surface area contributed by atoms with Crippen LogP contribution in [-0.2, 0) is 14.2 Å². The van der Waals surface area contributed by atoms with E-state index in [9.17, 15) is 0 Å². The van der Waals surface area contributed by atoms with Crippen LogP contribution in [0.25, 0.3) is 0 Å². The van der Waals surface area contributed by atoms with Crippen LogP contribution in [0, 0.1) is 59.2 Å². The van der Waals surface area contributed by atoms with Crippen LogP contribution in [0.3, 0.4) is 0 Å². The van der Waals surface area contributed by atoms with Crippen LogP contribution < -0.4 is 0 Å². The molecule has 0 aliphatic carbocycles. The van der Waals surface area contributed by atoms with Gasteiger partial charge < -0.3 is 14.2 Å². The van der Waals surface area contributed by atoms with Gasteiger partial charge in [-0.2, -0.15) is 0 Å². The van der Waals surface area contributed by atoms with Crippen LogP contribution in [-0.4, -0.2) is 35.4 Å². The summed E-state index contributed by atoms with van der Waals surface area (Å²) in [4.78, 5) is 1.25. The molecule has 0 aliphatic rings. The number of halogens is 2. The van der Waals surface area contributed by atoms with E-state index in [4.69, 9.17) is 14.2 Å². The Bertz CT molecular complexity index is 858. The first-order valence-corrected chi connectivity index (χ1v) is 28.9. The van der Waals surface area contributed by atoms with E-state index in [1.165, 1.54) is 128 Å². The van der Waals surface area contributed by atoms with E-state index >= 15 is 0 Å². The minimum atomic E-state index is -0.162. The fourth-order valence-electron chi connectivity index (χ4n) is 11.3. The number of rotatable bonds is 44. The largest absolute Gasteiger partial charge is 0.353 e. The molecule has 0 saturated carbocycles. The van der Waals surface area contributed by atoms with Crippen molar-refractivity contribution in [3.05, 3.63) is 0 Å². The van der Waals surface area contributed by atoms with Crippen molar-refractivity contribution in [3.8, 4) is 0 Å². The van der Waals surface area contributed by atoms with Gasteiger partial charge in [-0.1, -0.05) is 193 Å². The Morgan fingerprint density at radius 2 is 0.557 bits per heavy atom. The molecule has 0 radical (unpaired) electrons. The highest BCUT2D eigenvalue weighted by Gasteiger charge is 2.22. The molecule has 0 aromatic carbocycles. The minimum Gasteiger partial charge on any atom is -0.353 e. The smallest absolute Gasteiger partial charge is 0.160 e. The predicted octanol–water partition coefficient (Wildman–Crippen LogP) is 19.8. The molecule has 0 N–H and O–H groups in total. The first kappa shape index (κ1) is 61.8. The molecule has 368 valence electrons. The molecule has 0 fully saturated rings. The molecule has 0 bridgehead atoms. The van der Waals surface area contributed by atoms with E-state index in [1.54, 1.807) is 0 Å². The van der Waals surface area contributed by atoms with Gasteiger partial charge in [-0.3, -0.25) is 0 Å². The predicted molar refractivity (Wildman–Crippen MR) is 280 cm³/mol. The van der Waals surface area contributed by atoms with Crippen molar-refractivity contribution in [1.82, 2.24) is 0 Å². The van der Waals surface area contributed by atoms with E-state index in [0.717, 1.165) is 111 Å². The Balaban J connectivity index is 5.23. The number of alkyl halides is 2. The highest BCUT2D eigenvalue weighted by molar-refractivity contribution is 9.09. The summed E-state index contributed by atoms with van der Waals surface area (Å²) in [5.41, 5.74) is 0. The van der Waals surface area contributed by atoms with Crippen molar-refractivity contribution in [2.45, 2.75) is 286 Å². The number of hydrogen-bond acceptors (Lipinski definition) is 3. The maximum Gasteiger partial charge on any atom is 0.160 e. The third-order valence-corrected chi connectivity index (χ3v) is 14.3. The van der Waals surface area contributed by atoms with Gasteiger partial charge in [0.05, 0.1) is 0 Å². The van der Waals surface area contributed by atoms with E-state index in [2.05, 4.69) is 129 Å². The molecule has 0 aliphatic heterocycles. The highest BCUT2D eigenvalue weighted by Crippen LogP contribution is 2.32. The van der Waals surface area contributed by atoms with Crippen molar-refractivity contribution in [3.63, 3.8) is 0 Å². The first-order valence-electron chi connectivity index (χ1n) is 27.1. The van der Waals surface area contributed by atoms with Gasteiger partial charge in [0.1, 0.15) is 0 Å². The Labute approximate surface area is 402 Å². The van der Waals surface area contributed by atoms with Crippen LogP contribution >= 0.6 is 31.9 Å². The molecule has 5 heteroatoms. The number of ether oxygens (including phenoxy) is 3. The molecule has 14 unspecified atom stereocenters. The lowest BCUT2D eigenvalue weighted by Gasteiger charge is -2.27. The quantitative estimate of drug-likeness (QED) is 0.0346. The summed E-state index contributed by atoms with van der Waals surface area (Å²) in [5, 5.41) is 0. The van der Waals surface area contributed by atoms with Crippen LogP contribution in [0.15, 0.2) is 0 Å². The molecule has 0 rings (SSSR count). The third-order valence-electron chi connectivity index (χ3n) is 13.6. The number of hydrogen-bond donors (Lipinski definition) is 0. The summed E-state index contributed by atoms with van der Waals surface area (Å²) >= 11 is 7.52. The van der Waals surface area contributed by atoms with Crippen molar-refractivity contribution in [1.29, 1.82) is 0 Å². The SMILES string of the molecule is CCCCCCCOC(CCCC(C)CC(C)CC(C)CC(C)CC(C)CC(C)Br)OC(CCCC(C)CC(C)CC(C)CC(C)CC(C)CC(C)Br)OCCCCCCC. The Morgan fingerprint density at radius 3 is 0.836 bits per heavy atom. The molecule has 61 heavy (non-hydrogen) atoms. The molecule has 3 nitrogen and oxygen atoms in total. The normalized spacial score (nSPS) is 19.3. The van der Waals surface area contributed by atoms with Crippen molar-refractivity contribution in [2.75, 3.05) is 13.2 Å². The highest BCUT2D eigenvalue weighted by atomic mass is 79.9. The van der Waals surface area contributed by atoms with Gasteiger partial charge in [-0.15, -0.1) is 0 Å². The third kappa shape index (κ3) is 39.7. The summed E-state index contributed by atoms with van der Waals surface area (Å²) in [5.74, 6) is 7.87. The molecule has 0 spiro atoms. The van der Waals surface area contributed by atoms with Gasteiger partial charge in [0, 0.05) is 22.9 Å². The molecule has 0 aromatic rings. The van der Waals surface area contributed by atoms with Gasteiger partial charge in [-0.05, 0) is 162 Å². The molecule has 0 amide bonds. The van der Waals surface area contributed by atoms with Gasteiger partial charge in [-0.25, -0.2) is 0 Å². The average molecular weight is 993 g/mol. The first-order chi connectivity index (χ1) is 28.9. The van der Waals surface area contributed by atoms with Crippen molar-refractivity contribution >= 4 is 31.9 Å². The lowest BCUT2D eigenvalue weighted by Crippen LogP contribution is -2.28. The summed E-state index contributed by atoms with van der Waals surface area (Å²) < 4.78 is 20.0. The zero-order valence-corrected chi connectivity index (χ0v) is 47.0. The summed E-state index contributed by atoms with van der Waals surface area (Å²) in [6, 6.07) is 0. The second-order valence-corrected chi connectivity index (χ2v) is 25.5. The van der Waals surface area contributed by atoms with Crippen LogP contribution in [0.2, 0.25) is 0 Å². The second kappa shape index (κ2) is 40.0. The van der Waals surface area contributed by atoms with Gasteiger partial charge in [0.15, 0.2) is 12.6 Å². The van der Waals surface area contributed by atoms with Crippen LogP contribution in [0.4, 0.5) is 0 Å². The molecular formula is C56H112Br2O3. The summed E-state index contributed by atoms with van der Waals surface area (Å²) in [6.07, 6.45) is 32.4. The molecular weight excluding hydrogens is 880 g/mol. The van der Waals surface area contributed by atoms with Gasteiger partial charge in [0.2, 0.25) is 0 Å². The molecule has 14 atom stereocenters. The Morgan fingerprint density at radius 1 is 0.295 bits per heavy atom. The molecule has 0 aromatic heterocycles.